The summed E-state index contributed by atoms with van der Waals surface area (Å²) in [4.78, 5) is 13.0. The average molecular weight is 288 g/mol. The number of carbonyl (C=O) groups is 1. The van der Waals surface area contributed by atoms with E-state index in [0.29, 0.717) is 12.5 Å². The van der Waals surface area contributed by atoms with Gasteiger partial charge in [0.25, 0.3) is 0 Å². The molecule has 0 aromatic heterocycles. The van der Waals surface area contributed by atoms with Gasteiger partial charge in [-0.05, 0) is 56.6 Å². The molecule has 21 heavy (non-hydrogen) atoms. The van der Waals surface area contributed by atoms with Crippen LogP contribution in [0.2, 0.25) is 0 Å². The molecule has 0 radical (unpaired) electrons. The lowest BCUT2D eigenvalue weighted by Crippen LogP contribution is -2.44. The van der Waals surface area contributed by atoms with E-state index in [4.69, 9.17) is 4.74 Å². The molecule has 0 unspecified atom stereocenters. The van der Waals surface area contributed by atoms with E-state index in [1.165, 1.54) is 5.56 Å². The molecule has 1 aliphatic rings. The van der Waals surface area contributed by atoms with Gasteiger partial charge in [-0.15, -0.1) is 0 Å². The van der Waals surface area contributed by atoms with E-state index in [1.54, 1.807) is 0 Å². The highest BCUT2D eigenvalue weighted by Crippen LogP contribution is 2.37. The Balaban J connectivity index is 2.24. The Labute approximate surface area is 128 Å². The number of benzene rings is 1. The minimum absolute atomic E-state index is 0.189. The van der Waals surface area contributed by atoms with Crippen molar-refractivity contribution in [3.05, 3.63) is 35.4 Å². The Kier molecular flexibility index (Phi) is 5.58. The summed E-state index contributed by atoms with van der Waals surface area (Å²) in [7, 11) is 0. The average Bonchev–Trinajstić information content (AvgIpc) is 2.50. The molecule has 1 fully saturated rings. The zero-order valence-corrected chi connectivity index (χ0v) is 13.7. The van der Waals surface area contributed by atoms with Crippen molar-refractivity contribution in [1.82, 2.24) is 0 Å². The number of ketones is 1. The fourth-order valence-corrected chi connectivity index (χ4v) is 3.36. The first-order valence-electron chi connectivity index (χ1n) is 8.39. The summed E-state index contributed by atoms with van der Waals surface area (Å²) in [5, 5.41) is 0. The molecule has 0 spiro atoms. The van der Waals surface area contributed by atoms with Gasteiger partial charge in [0, 0.05) is 12.2 Å². The van der Waals surface area contributed by atoms with Crippen LogP contribution in [-0.2, 0) is 11.2 Å². The molecular formula is C19H28O2. The van der Waals surface area contributed by atoms with Gasteiger partial charge in [0.2, 0.25) is 0 Å². The highest BCUT2D eigenvalue weighted by Gasteiger charge is 2.42. The van der Waals surface area contributed by atoms with Crippen LogP contribution >= 0.6 is 0 Å². The summed E-state index contributed by atoms with van der Waals surface area (Å²) >= 11 is 0. The van der Waals surface area contributed by atoms with Crippen LogP contribution in [0.5, 0.6) is 0 Å². The molecular weight excluding hydrogens is 260 g/mol. The second kappa shape index (κ2) is 7.22. The molecule has 2 rings (SSSR count). The molecule has 0 heterocycles. The van der Waals surface area contributed by atoms with E-state index < -0.39 is 5.60 Å². The second-order valence-electron chi connectivity index (χ2n) is 6.39. The monoisotopic (exact) mass is 288 g/mol. The Bertz CT molecular complexity index is 470. The number of rotatable bonds is 6. The number of carbonyl (C=O) groups excluding carboxylic acids is 1. The maximum Gasteiger partial charge on any atom is 0.194 e. The summed E-state index contributed by atoms with van der Waals surface area (Å²) < 4.78 is 5.99. The summed E-state index contributed by atoms with van der Waals surface area (Å²) in [5.41, 5.74) is 1.50. The second-order valence-corrected chi connectivity index (χ2v) is 6.39. The summed E-state index contributed by atoms with van der Waals surface area (Å²) in [6.45, 7) is 7.02. The molecule has 0 saturated heterocycles. The molecule has 0 N–H and O–H groups in total. The minimum atomic E-state index is -0.577. The SMILES string of the molecule is CCCc1cccc(C(=O)C2(OCC)CCC(C)CC2)c1. The van der Waals surface area contributed by atoms with Gasteiger partial charge in [0.05, 0.1) is 0 Å². The van der Waals surface area contributed by atoms with Crippen molar-refractivity contribution in [1.29, 1.82) is 0 Å². The molecule has 1 aliphatic carbocycles. The molecule has 2 heteroatoms. The van der Waals surface area contributed by atoms with Gasteiger partial charge in [-0.2, -0.15) is 0 Å². The Morgan fingerprint density at radius 3 is 2.62 bits per heavy atom. The lowest BCUT2D eigenvalue weighted by molar-refractivity contribution is -0.0474. The quantitative estimate of drug-likeness (QED) is 0.702. The van der Waals surface area contributed by atoms with Crippen molar-refractivity contribution < 1.29 is 9.53 Å². The third-order valence-corrected chi connectivity index (χ3v) is 4.64. The predicted molar refractivity (Wildman–Crippen MR) is 86.8 cm³/mol. The zero-order valence-electron chi connectivity index (χ0n) is 13.7. The van der Waals surface area contributed by atoms with Gasteiger partial charge in [0.1, 0.15) is 5.60 Å². The van der Waals surface area contributed by atoms with E-state index in [9.17, 15) is 4.79 Å². The Morgan fingerprint density at radius 2 is 2.00 bits per heavy atom. The molecule has 0 aliphatic heterocycles. The fraction of sp³-hybridized carbons (Fsp3) is 0.632. The van der Waals surface area contributed by atoms with Gasteiger partial charge in [0.15, 0.2) is 5.78 Å². The molecule has 1 saturated carbocycles. The van der Waals surface area contributed by atoms with Crippen LogP contribution in [0.25, 0.3) is 0 Å². The molecule has 0 atom stereocenters. The van der Waals surface area contributed by atoms with Crippen LogP contribution in [0.4, 0.5) is 0 Å². The van der Waals surface area contributed by atoms with Crippen LogP contribution in [0, 0.1) is 5.92 Å². The van der Waals surface area contributed by atoms with Crippen molar-refractivity contribution in [2.75, 3.05) is 6.61 Å². The van der Waals surface area contributed by atoms with Crippen LogP contribution in [0.3, 0.4) is 0 Å². The zero-order chi connectivity index (χ0) is 15.3. The number of hydrogen-bond donors (Lipinski definition) is 0. The van der Waals surface area contributed by atoms with E-state index in [-0.39, 0.29) is 5.78 Å². The first-order chi connectivity index (χ1) is 10.1. The molecule has 1 aromatic rings. The van der Waals surface area contributed by atoms with Crippen molar-refractivity contribution in [3.63, 3.8) is 0 Å². The third-order valence-electron chi connectivity index (χ3n) is 4.64. The smallest absolute Gasteiger partial charge is 0.194 e. The van der Waals surface area contributed by atoms with Gasteiger partial charge < -0.3 is 4.74 Å². The number of aryl methyl sites for hydroxylation is 1. The van der Waals surface area contributed by atoms with Crippen molar-refractivity contribution in [2.24, 2.45) is 5.92 Å². The van der Waals surface area contributed by atoms with E-state index in [1.807, 2.05) is 19.1 Å². The molecule has 1 aromatic carbocycles. The third kappa shape index (κ3) is 3.74. The normalized spacial score (nSPS) is 25.8. The predicted octanol–water partition coefficient (Wildman–Crippen LogP) is 4.81. The number of ether oxygens (including phenoxy) is 1. The summed E-state index contributed by atoms with van der Waals surface area (Å²) in [5.74, 6) is 0.895. The fourth-order valence-electron chi connectivity index (χ4n) is 3.36. The Hall–Kier alpha value is -1.15. The summed E-state index contributed by atoms with van der Waals surface area (Å²) in [6.07, 6.45) is 6.02. The Morgan fingerprint density at radius 1 is 1.29 bits per heavy atom. The van der Waals surface area contributed by atoms with Crippen molar-refractivity contribution in [2.45, 2.75) is 64.9 Å². The summed E-state index contributed by atoms with van der Waals surface area (Å²) in [6, 6.07) is 8.12. The molecule has 0 amide bonds. The van der Waals surface area contributed by atoms with Gasteiger partial charge in [-0.1, -0.05) is 38.5 Å². The number of Topliss-reactive ketones (excluding diaryl/α,β-unsaturated/α-hetero) is 1. The standard InChI is InChI=1S/C19H28O2/c1-4-7-16-8-6-9-17(14-16)18(20)19(21-5-2)12-10-15(3)11-13-19/h6,8-9,14-15H,4-5,7,10-13H2,1-3H3. The maximum absolute atomic E-state index is 13.0. The van der Waals surface area contributed by atoms with E-state index in [2.05, 4.69) is 26.0 Å². The van der Waals surface area contributed by atoms with Crippen molar-refractivity contribution in [3.8, 4) is 0 Å². The first kappa shape index (κ1) is 16.2. The van der Waals surface area contributed by atoms with Crippen LogP contribution in [0.15, 0.2) is 24.3 Å². The van der Waals surface area contributed by atoms with E-state index >= 15 is 0 Å². The molecule has 2 nitrogen and oxygen atoms in total. The van der Waals surface area contributed by atoms with Gasteiger partial charge in [-0.25, -0.2) is 0 Å². The highest BCUT2D eigenvalue weighted by atomic mass is 16.5. The highest BCUT2D eigenvalue weighted by molar-refractivity contribution is 6.02. The lowest BCUT2D eigenvalue weighted by atomic mass is 9.75. The van der Waals surface area contributed by atoms with Crippen molar-refractivity contribution >= 4 is 5.78 Å². The minimum Gasteiger partial charge on any atom is -0.367 e. The topological polar surface area (TPSA) is 26.3 Å². The van der Waals surface area contributed by atoms with Crippen LogP contribution in [0.1, 0.15) is 68.8 Å². The van der Waals surface area contributed by atoms with Crippen LogP contribution < -0.4 is 0 Å². The van der Waals surface area contributed by atoms with Gasteiger partial charge >= 0.3 is 0 Å². The van der Waals surface area contributed by atoms with Crippen LogP contribution in [-0.4, -0.2) is 18.0 Å². The van der Waals surface area contributed by atoms with Gasteiger partial charge in [-0.3, -0.25) is 4.79 Å². The first-order valence-corrected chi connectivity index (χ1v) is 8.39. The number of hydrogen-bond acceptors (Lipinski definition) is 2. The maximum atomic E-state index is 13.0. The molecule has 0 bridgehead atoms. The lowest BCUT2D eigenvalue weighted by Gasteiger charge is -2.38. The molecule has 116 valence electrons. The largest absolute Gasteiger partial charge is 0.367 e. The van der Waals surface area contributed by atoms with E-state index in [0.717, 1.165) is 44.1 Å².